The molecule has 0 saturated carbocycles. The van der Waals surface area contributed by atoms with Crippen LogP contribution in [0, 0.1) is 12.8 Å². The number of carbonyl (C=O) groups is 2. The van der Waals surface area contributed by atoms with Crippen LogP contribution in [0.3, 0.4) is 0 Å². The van der Waals surface area contributed by atoms with E-state index >= 15 is 0 Å². The molecule has 0 aliphatic carbocycles. The summed E-state index contributed by atoms with van der Waals surface area (Å²) in [5, 5.41) is 14.5. The standard InChI is InChI=1S/C25H27NO3S2/c1-17-9-11-18(12-10-17)15-31-16-23(25(28)29)26-24(27)21(14-30)13-20-7-4-6-19-5-2-3-8-22(19)20/h2-12,21,23,30H,13-16H2,1H3,(H,26,27)(H,28,29)/t21-,23-/m0/s1. The minimum atomic E-state index is -1.02. The highest BCUT2D eigenvalue weighted by atomic mass is 32.2. The zero-order chi connectivity index (χ0) is 22.2. The first-order valence-corrected chi connectivity index (χ1v) is 12.0. The smallest absolute Gasteiger partial charge is 0.327 e. The van der Waals surface area contributed by atoms with E-state index in [1.54, 1.807) is 0 Å². The summed E-state index contributed by atoms with van der Waals surface area (Å²) in [6.45, 7) is 2.03. The van der Waals surface area contributed by atoms with Gasteiger partial charge in [-0.05, 0) is 35.2 Å². The van der Waals surface area contributed by atoms with Crippen molar-refractivity contribution in [3.8, 4) is 0 Å². The van der Waals surface area contributed by atoms with E-state index < -0.39 is 17.9 Å². The third-order valence-corrected chi connectivity index (χ3v) is 6.77. The zero-order valence-corrected chi connectivity index (χ0v) is 19.2. The number of thiol groups is 1. The number of carbonyl (C=O) groups excluding carboxylic acids is 1. The molecule has 0 aliphatic rings. The molecule has 0 spiro atoms. The summed E-state index contributed by atoms with van der Waals surface area (Å²) in [6, 6.07) is 21.3. The van der Waals surface area contributed by atoms with Gasteiger partial charge >= 0.3 is 5.97 Å². The van der Waals surface area contributed by atoms with Crippen LogP contribution in [0.4, 0.5) is 0 Å². The molecule has 6 heteroatoms. The first kappa shape index (κ1) is 23.2. The van der Waals surface area contributed by atoms with Crippen LogP contribution in [0.5, 0.6) is 0 Å². The predicted molar refractivity (Wildman–Crippen MR) is 132 cm³/mol. The van der Waals surface area contributed by atoms with Crippen molar-refractivity contribution in [2.24, 2.45) is 5.92 Å². The molecule has 0 unspecified atom stereocenters. The van der Waals surface area contributed by atoms with Crippen molar-refractivity contribution >= 4 is 47.0 Å². The van der Waals surface area contributed by atoms with Gasteiger partial charge in [0.15, 0.2) is 0 Å². The first-order valence-electron chi connectivity index (χ1n) is 10.2. The van der Waals surface area contributed by atoms with Gasteiger partial charge in [0.25, 0.3) is 0 Å². The predicted octanol–water partition coefficient (Wildman–Crippen LogP) is 4.74. The van der Waals surface area contributed by atoms with Crippen LogP contribution in [0.1, 0.15) is 16.7 Å². The molecule has 0 aliphatic heterocycles. The summed E-state index contributed by atoms with van der Waals surface area (Å²) in [4.78, 5) is 24.6. The first-order chi connectivity index (χ1) is 15.0. The fraction of sp³-hybridized carbons (Fsp3) is 0.280. The molecule has 3 rings (SSSR count). The Morgan fingerprint density at radius 1 is 1.03 bits per heavy atom. The van der Waals surface area contributed by atoms with E-state index in [4.69, 9.17) is 0 Å². The molecule has 4 nitrogen and oxygen atoms in total. The van der Waals surface area contributed by atoms with Gasteiger partial charge in [0.2, 0.25) is 5.91 Å². The summed E-state index contributed by atoms with van der Waals surface area (Å²) in [5.74, 6) is -0.344. The number of carboxylic acid groups (broad SMARTS) is 1. The van der Waals surface area contributed by atoms with Gasteiger partial charge in [-0.1, -0.05) is 72.3 Å². The van der Waals surface area contributed by atoms with Gasteiger partial charge in [-0.25, -0.2) is 4.79 Å². The Balaban J connectivity index is 1.61. The maximum Gasteiger partial charge on any atom is 0.327 e. The van der Waals surface area contributed by atoms with Crippen LogP contribution in [0.15, 0.2) is 66.7 Å². The molecule has 0 radical (unpaired) electrons. The number of aliphatic carboxylic acids is 1. The van der Waals surface area contributed by atoms with Gasteiger partial charge in [-0.15, -0.1) is 0 Å². The normalized spacial score (nSPS) is 13.0. The number of hydrogen-bond donors (Lipinski definition) is 3. The Morgan fingerprint density at radius 2 is 1.74 bits per heavy atom. The third-order valence-electron chi connectivity index (χ3n) is 5.23. The van der Waals surface area contributed by atoms with Gasteiger partial charge in [0, 0.05) is 17.3 Å². The fourth-order valence-electron chi connectivity index (χ4n) is 3.42. The number of aryl methyl sites for hydroxylation is 1. The molecule has 2 atom stereocenters. The lowest BCUT2D eigenvalue weighted by molar-refractivity contribution is -0.141. The number of benzene rings is 3. The van der Waals surface area contributed by atoms with Crippen molar-refractivity contribution < 1.29 is 14.7 Å². The summed E-state index contributed by atoms with van der Waals surface area (Å²) < 4.78 is 0. The maximum atomic E-state index is 12.9. The monoisotopic (exact) mass is 453 g/mol. The highest BCUT2D eigenvalue weighted by Crippen LogP contribution is 2.22. The Kier molecular flexibility index (Phi) is 8.43. The molecule has 162 valence electrons. The summed E-state index contributed by atoms with van der Waals surface area (Å²) in [6.07, 6.45) is 0.513. The Labute approximate surface area is 192 Å². The molecule has 0 aromatic heterocycles. The van der Waals surface area contributed by atoms with Crippen molar-refractivity contribution in [1.29, 1.82) is 0 Å². The molecule has 0 heterocycles. The number of amides is 1. The van der Waals surface area contributed by atoms with Crippen LogP contribution in [-0.2, 0) is 21.8 Å². The van der Waals surface area contributed by atoms with Gasteiger partial charge < -0.3 is 10.4 Å². The van der Waals surface area contributed by atoms with Crippen molar-refractivity contribution in [3.63, 3.8) is 0 Å². The Morgan fingerprint density at radius 3 is 2.45 bits per heavy atom. The molecule has 3 aromatic carbocycles. The Hall–Kier alpha value is -2.44. The minimum Gasteiger partial charge on any atom is -0.480 e. The van der Waals surface area contributed by atoms with Gasteiger partial charge in [0.05, 0.1) is 5.92 Å². The molecular formula is C25H27NO3S2. The van der Waals surface area contributed by atoms with E-state index in [9.17, 15) is 14.7 Å². The second kappa shape index (κ2) is 11.3. The van der Waals surface area contributed by atoms with Gasteiger partial charge in [-0.3, -0.25) is 4.79 Å². The highest BCUT2D eigenvalue weighted by Gasteiger charge is 2.25. The fourth-order valence-corrected chi connectivity index (χ4v) is 4.72. The van der Waals surface area contributed by atoms with Crippen LogP contribution in [0.2, 0.25) is 0 Å². The van der Waals surface area contributed by atoms with E-state index in [1.165, 1.54) is 17.3 Å². The van der Waals surface area contributed by atoms with Crippen molar-refractivity contribution in [2.45, 2.75) is 25.1 Å². The second-order valence-corrected chi connectivity index (χ2v) is 9.02. The highest BCUT2D eigenvalue weighted by molar-refractivity contribution is 7.98. The summed E-state index contributed by atoms with van der Waals surface area (Å²) in [5.41, 5.74) is 3.39. The topological polar surface area (TPSA) is 66.4 Å². The van der Waals surface area contributed by atoms with Crippen LogP contribution in [-0.4, -0.2) is 34.5 Å². The van der Waals surface area contributed by atoms with Gasteiger partial charge in [-0.2, -0.15) is 24.4 Å². The molecule has 0 bridgehead atoms. The molecule has 3 aromatic rings. The lowest BCUT2D eigenvalue weighted by Crippen LogP contribution is -2.46. The molecule has 2 N–H and O–H groups in total. The SMILES string of the molecule is Cc1ccc(CSC[C@H](NC(=O)[C@H](CS)Cc2cccc3ccccc23)C(=O)O)cc1. The number of thioether (sulfide) groups is 1. The molecule has 31 heavy (non-hydrogen) atoms. The maximum absolute atomic E-state index is 12.9. The number of nitrogens with one attached hydrogen (secondary N) is 1. The average Bonchev–Trinajstić information content (AvgIpc) is 2.77. The number of hydrogen-bond acceptors (Lipinski definition) is 4. The number of rotatable bonds is 10. The van der Waals surface area contributed by atoms with E-state index in [-0.39, 0.29) is 5.91 Å². The van der Waals surface area contributed by atoms with Crippen molar-refractivity contribution in [1.82, 2.24) is 5.32 Å². The van der Waals surface area contributed by atoms with E-state index in [1.807, 2.05) is 73.7 Å². The summed E-state index contributed by atoms with van der Waals surface area (Å²) >= 11 is 5.87. The van der Waals surface area contributed by atoms with Crippen LogP contribution >= 0.6 is 24.4 Å². The Bertz CT molecular complexity index is 1030. The van der Waals surface area contributed by atoms with Crippen molar-refractivity contribution in [2.75, 3.05) is 11.5 Å². The zero-order valence-electron chi connectivity index (χ0n) is 17.5. The van der Waals surface area contributed by atoms with Crippen molar-refractivity contribution in [3.05, 3.63) is 83.4 Å². The van der Waals surface area contributed by atoms with E-state index in [2.05, 4.69) is 17.9 Å². The molecular weight excluding hydrogens is 426 g/mol. The van der Waals surface area contributed by atoms with Gasteiger partial charge in [0.1, 0.15) is 6.04 Å². The van der Waals surface area contributed by atoms with E-state index in [0.717, 1.165) is 21.9 Å². The lowest BCUT2D eigenvalue weighted by Gasteiger charge is -2.20. The summed E-state index contributed by atoms with van der Waals surface area (Å²) in [7, 11) is 0. The third kappa shape index (κ3) is 6.52. The molecule has 1 amide bonds. The quantitative estimate of drug-likeness (QED) is 0.388. The minimum absolute atomic E-state index is 0.272. The number of fused-ring (bicyclic) bond motifs is 1. The average molecular weight is 454 g/mol. The number of carboxylic acids is 1. The lowest BCUT2D eigenvalue weighted by atomic mass is 9.95. The molecule has 0 fully saturated rings. The second-order valence-electron chi connectivity index (χ2n) is 7.62. The van der Waals surface area contributed by atoms with E-state index in [0.29, 0.717) is 23.7 Å². The van der Waals surface area contributed by atoms with Crippen LogP contribution in [0.25, 0.3) is 10.8 Å². The largest absolute Gasteiger partial charge is 0.480 e. The van der Waals surface area contributed by atoms with Crippen LogP contribution < -0.4 is 5.32 Å². The molecule has 0 saturated heterocycles.